The van der Waals surface area contributed by atoms with E-state index in [2.05, 4.69) is 25.2 Å². The fourth-order valence-electron chi connectivity index (χ4n) is 2.46. The van der Waals surface area contributed by atoms with Crippen molar-refractivity contribution in [1.29, 1.82) is 0 Å². The molecular weight excluding hydrogens is 322 g/mol. The number of anilines is 3. The van der Waals surface area contributed by atoms with Crippen LogP contribution in [0.5, 0.6) is 0 Å². The zero-order valence-electron chi connectivity index (χ0n) is 12.9. The molecule has 6 nitrogen and oxygen atoms in total. The highest BCUT2D eigenvalue weighted by molar-refractivity contribution is 7.99. The quantitative estimate of drug-likeness (QED) is 0.460. The number of nitrogens with one attached hydrogen (secondary N) is 3. The molecule has 0 saturated heterocycles. The zero-order chi connectivity index (χ0) is 16.4. The molecule has 0 unspecified atom stereocenters. The van der Waals surface area contributed by atoms with E-state index in [4.69, 9.17) is 4.42 Å². The first kappa shape index (κ1) is 14.6. The lowest BCUT2D eigenvalue weighted by atomic mass is 10.1. The SMILES string of the molecule is CSNc1cccc(Nc2ncc(-c3ccc4[nH]ncc4c3)o2)c1. The average Bonchev–Trinajstić information content (AvgIpc) is 3.24. The second-order valence-electron chi connectivity index (χ2n) is 5.21. The van der Waals surface area contributed by atoms with Crippen molar-refractivity contribution in [3.8, 4) is 11.3 Å². The van der Waals surface area contributed by atoms with Crippen LogP contribution in [-0.2, 0) is 0 Å². The summed E-state index contributed by atoms with van der Waals surface area (Å²) in [6, 6.07) is 14.4. The maximum absolute atomic E-state index is 5.82. The van der Waals surface area contributed by atoms with E-state index in [0.717, 1.165) is 27.8 Å². The van der Waals surface area contributed by atoms with Crippen molar-refractivity contribution < 1.29 is 4.42 Å². The molecule has 0 fully saturated rings. The van der Waals surface area contributed by atoms with Crippen LogP contribution in [0.25, 0.3) is 22.2 Å². The van der Waals surface area contributed by atoms with Crippen LogP contribution >= 0.6 is 11.9 Å². The number of hydrogen-bond donors (Lipinski definition) is 3. The van der Waals surface area contributed by atoms with Crippen LogP contribution in [-0.4, -0.2) is 21.4 Å². The number of oxazole rings is 1. The van der Waals surface area contributed by atoms with Crippen molar-refractivity contribution >= 4 is 40.2 Å². The van der Waals surface area contributed by atoms with Gasteiger partial charge in [-0.1, -0.05) is 18.0 Å². The Morgan fingerprint density at radius 2 is 2.00 bits per heavy atom. The van der Waals surface area contributed by atoms with Gasteiger partial charge in [-0.15, -0.1) is 0 Å². The molecular formula is C17H15N5OS. The second-order valence-corrected chi connectivity index (χ2v) is 5.83. The van der Waals surface area contributed by atoms with Gasteiger partial charge < -0.3 is 14.5 Å². The van der Waals surface area contributed by atoms with Crippen LogP contribution < -0.4 is 10.0 Å². The highest BCUT2D eigenvalue weighted by Gasteiger charge is 2.08. The van der Waals surface area contributed by atoms with Crippen LogP contribution in [0.15, 0.2) is 59.3 Å². The summed E-state index contributed by atoms with van der Waals surface area (Å²) in [6.45, 7) is 0. The molecule has 0 bridgehead atoms. The molecule has 3 N–H and O–H groups in total. The van der Waals surface area contributed by atoms with Gasteiger partial charge in [0.15, 0.2) is 5.76 Å². The van der Waals surface area contributed by atoms with Gasteiger partial charge in [0.2, 0.25) is 0 Å². The van der Waals surface area contributed by atoms with E-state index < -0.39 is 0 Å². The van der Waals surface area contributed by atoms with Gasteiger partial charge >= 0.3 is 0 Å². The van der Waals surface area contributed by atoms with Crippen LogP contribution in [0.1, 0.15) is 0 Å². The van der Waals surface area contributed by atoms with E-state index in [1.165, 1.54) is 0 Å². The molecule has 2 aromatic carbocycles. The molecule has 0 spiro atoms. The average molecular weight is 337 g/mol. The Hall–Kier alpha value is -2.93. The topological polar surface area (TPSA) is 78.8 Å². The van der Waals surface area contributed by atoms with E-state index >= 15 is 0 Å². The standard InChI is InChI=1S/C17H15N5OS/c1-24-22-14-4-2-3-13(8-14)20-17-18-10-16(23-17)11-5-6-15-12(7-11)9-19-21-15/h2-10,22H,1H3,(H,18,20)(H,19,21). The number of H-pyrrole nitrogens is 1. The molecule has 4 rings (SSSR count). The molecule has 2 heterocycles. The van der Waals surface area contributed by atoms with Gasteiger partial charge in [-0.25, -0.2) is 4.98 Å². The first-order valence-corrected chi connectivity index (χ1v) is 8.60. The number of nitrogens with zero attached hydrogens (tertiary/aromatic N) is 2. The number of hydrogen-bond acceptors (Lipinski definition) is 6. The third-order valence-corrected chi connectivity index (χ3v) is 4.00. The van der Waals surface area contributed by atoms with E-state index in [1.54, 1.807) is 24.3 Å². The Morgan fingerprint density at radius 1 is 1.08 bits per heavy atom. The third-order valence-electron chi connectivity index (χ3n) is 3.56. The minimum absolute atomic E-state index is 0.457. The predicted molar refractivity (Wildman–Crippen MR) is 98.5 cm³/mol. The molecule has 0 saturated carbocycles. The minimum Gasteiger partial charge on any atom is -0.423 e. The Morgan fingerprint density at radius 3 is 2.92 bits per heavy atom. The van der Waals surface area contributed by atoms with Crippen LogP contribution in [0, 0.1) is 0 Å². The fraction of sp³-hybridized carbons (Fsp3) is 0.0588. The van der Waals surface area contributed by atoms with E-state index in [-0.39, 0.29) is 0 Å². The number of benzene rings is 2. The lowest BCUT2D eigenvalue weighted by Gasteiger charge is -2.05. The summed E-state index contributed by atoms with van der Waals surface area (Å²) >= 11 is 1.55. The lowest BCUT2D eigenvalue weighted by Crippen LogP contribution is -1.91. The summed E-state index contributed by atoms with van der Waals surface area (Å²) in [5, 5.41) is 11.2. The van der Waals surface area contributed by atoms with E-state index in [0.29, 0.717) is 11.8 Å². The van der Waals surface area contributed by atoms with E-state index in [9.17, 15) is 0 Å². The van der Waals surface area contributed by atoms with Crippen molar-refractivity contribution in [2.75, 3.05) is 16.3 Å². The Balaban J connectivity index is 1.57. The molecule has 0 aliphatic rings. The first-order valence-electron chi connectivity index (χ1n) is 7.37. The van der Waals surface area contributed by atoms with Gasteiger partial charge in [0, 0.05) is 28.6 Å². The zero-order valence-corrected chi connectivity index (χ0v) is 13.7. The van der Waals surface area contributed by atoms with Gasteiger partial charge in [0.1, 0.15) is 0 Å². The molecule has 0 atom stereocenters. The summed E-state index contributed by atoms with van der Waals surface area (Å²) in [5.74, 6) is 0.707. The second kappa shape index (κ2) is 6.29. The van der Waals surface area contributed by atoms with Crippen LogP contribution in [0.4, 0.5) is 17.4 Å². The summed E-state index contributed by atoms with van der Waals surface area (Å²) in [6.07, 6.45) is 5.49. The molecule has 0 radical (unpaired) electrons. The maximum Gasteiger partial charge on any atom is 0.299 e. The lowest BCUT2D eigenvalue weighted by molar-refractivity contribution is 0.592. The highest BCUT2D eigenvalue weighted by atomic mass is 32.2. The highest BCUT2D eigenvalue weighted by Crippen LogP contribution is 2.27. The van der Waals surface area contributed by atoms with Crippen molar-refractivity contribution in [1.82, 2.24) is 15.2 Å². The molecule has 24 heavy (non-hydrogen) atoms. The number of rotatable bonds is 5. The monoisotopic (exact) mass is 337 g/mol. The van der Waals surface area contributed by atoms with Crippen LogP contribution in [0.2, 0.25) is 0 Å². The van der Waals surface area contributed by atoms with Crippen molar-refractivity contribution in [2.45, 2.75) is 0 Å². The Bertz CT molecular complexity index is 978. The summed E-state index contributed by atoms with van der Waals surface area (Å²) in [4.78, 5) is 4.30. The molecule has 2 aromatic heterocycles. The predicted octanol–water partition coefficient (Wildman–Crippen LogP) is 4.65. The Labute approximate surface area is 142 Å². The summed E-state index contributed by atoms with van der Waals surface area (Å²) < 4.78 is 9.02. The molecule has 0 aliphatic heterocycles. The van der Waals surface area contributed by atoms with Crippen molar-refractivity contribution in [3.63, 3.8) is 0 Å². The number of aromatic amines is 1. The van der Waals surface area contributed by atoms with Crippen molar-refractivity contribution in [3.05, 3.63) is 54.9 Å². The molecule has 0 aliphatic carbocycles. The van der Waals surface area contributed by atoms with Crippen molar-refractivity contribution in [2.24, 2.45) is 0 Å². The molecule has 7 heteroatoms. The normalized spacial score (nSPS) is 10.9. The minimum atomic E-state index is 0.457. The molecule has 120 valence electrons. The first-order chi connectivity index (χ1) is 11.8. The van der Waals surface area contributed by atoms with E-state index in [1.807, 2.05) is 48.7 Å². The van der Waals surface area contributed by atoms with Gasteiger partial charge in [0.25, 0.3) is 6.01 Å². The maximum atomic E-state index is 5.82. The summed E-state index contributed by atoms with van der Waals surface area (Å²) in [7, 11) is 0. The molecule has 0 amide bonds. The number of fused-ring (bicyclic) bond motifs is 1. The van der Waals surface area contributed by atoms with Crippen LogP contribution in [0.3, 0.4) is 0 Å². The smallest absolute Gasteiger partial charge is 0.299 e. The number of aromatic nitrogens is 3. The Kier molecular flexibility index (Phi) is 3.84. The largest absolute Gasteiger partial charge is 0.423 e. The summed E-state index contributed by atoms with van der Waals surface area (Å²) in [5.41, 5.74) is 3.88. The van der Waals surface area contributed by atoms with Gasteiger partial charge in [-0.05, 0) is 36.4 Å². The third kappa shape index (κ3) is 2.93. The van der Waals surface area contributed by atoms with Gasteiger partial charge in [0.05, 0.1) is 17.9 Å². The molecule has 4 aromatic rings. The van der Waals surface area contributed by atoms with Gasteiger partial charge in [-0.3, -0.25) is 5.10 Å². The fourth-order valence-corrected chi connectivity index (χ4v) is 2.83. The van der Waals surface area contributed by atoms with Gasteiger partial charge in [-0.2, -0.15) is 5.10 Å².